The van der Waals surface area contributed by atoms with E-state index in [1.165, 1.54) is 18.2 Å². The van der Waals surface area contributed by atoms with Crippen LogP contribution in [0, 0.1) is 24.1 Å². The lowest BCUT2D eigenvalue weighted by Gasteiger charge is -2.31. The summed E-state index contributed by atoms with van der Waals surface area (Å²) in [6.45, 7) is 1.48. The van der Waals surface area contributed by atoms with E-state index in [-0.39, 0.29) is 34.9 Å². The van der Waals surface area contributed by atoms with Gasteiger partial charge in [0, 0.05) is 23.2 Å². The highest BCUT2D eigenvalue weighted by Gasteiger charge is 2.39. The van der Waals surface area contributed by atoms with E-state index in [1.807, 2.05) is 0 Å². The topological polar surface area (TPSA) is 109 Å². The number of rotatable bonds is 5. The van der Waals surface area contributed by atoms with Gasteiger partial charge < -0.3 is 4.74 Å². The summed E-state index contributed by atoms with van der Waals surface area (Å²) in [5, 5.41) is 9.10. The monoisotopic (exact) mass is 535 g/mol. The number of nitrogens with zero attached hydrogens (tertiary/aromatic N) is 3. The van der Waals surface area contributed by atoms with E-state index in [0.29, 0.717) is 5.56 Å². The van der Waals surface area contributed by atoms with E-state index in [1.54, 1.807) is 19.1 Å². The third kappa shape index (κ3) is 5.73. The van der Waals surface area contributed by atoms with Crippen molar-refractivity contribution in [1.29, 1.82) is 5.26 Å². The van der Waals surface area contributed by atoms with Crippen molar-refractivity contribution < 1.29 is 27.1 Å². The number of amides is 1. The van der Waals surface area contributed by atoms with E-state index in [2.05, 4.69) is 15.8 Å². The first kappa shape index (κ1) is 26.1. The number of alkyl halides is 3. The number of nitriles is 1. The molecule has 0 saturated carbocycles. The Balaban J connectivity index is 1.66. The molecule has 1 aromatic heterocycles. The number of carbonyl (C=O) groups is 1. The van der Waals surface area contributed by atoms with Crippen molar-refractivity contribution in [3.8, 4) is 17.6 Å². The van der Waals surface area contributed by atoms with E-state index in [4.69, 9.17) is 21.6 Å². The van der Waals surface area contributed by atoms with Gasteiger partial charge in [0.25, 0.3) is 5.56 Å². The van der Waals surface area contributed by atoms with Crippen molar-refractivity contribution in [3.05, 3.63) is 86.3 Å². The molecule has 2 atom stereocenters. The second kappa shape index (κ2) is 10.2. The second-order valence-electron chi connectivity index (χ2n) is 8.41. The van der Waals surface area contributed by atoms with Crippen molar-refractivity contribution in [3.63, 3.8) is 0 Å². The van der Waals surface area contributed by atoms with Gasteiger partial charge >= 0.3 is 6.18 Å². The van der Waals surface area contributed by atoms with Crippen molar-refractivity contribution >= 4 is 17.5 Å². The zero-order chi connectivity index (χ0) is 26.9. The average Bonchev–Trinajstić information content (AvgIpc) is 2.82. The molecule has 0 bridgehead atoms. The van der Waals surface area contributed by atoms with Crippen LogP contribution in [0.25, 0.3) is 0 Å². The smallest absolute Gasteiger partial charge is 0.437 e. The summed E-state index contributed by atoms with van der Waals surface area (Å²) in [7, 11) is 0. The van der Waals surface area contributed by atoms with Gasteiger partial charge in [-0.25, -0.2) is 14.8 Å². The van der Waals surface area contributed by atoms with E-state index in [9.17, 15) is 27.2 Å². The number of aromatic nitrogens is 2. The number of hydrogen-bond acceptors (Lipinski definition) is 6. The molecule has 2 N–H and O–H groups in total. The Morgan fingerprint density at radius 3 is 2.68 bits per heavy atom. The van der Waals surface area contributed by atoms with Crippen molar-refractivity contribution in [2.75, 3.05) is 0 Å². The molecule has 0 spiro atoms. The first-order chi connectivity index (χ1) is 17.5. The first-order valence-corrected chi connectivity index (χ1v) is 11.2. The minimum absolute atomic E-state index is 0.0109. The fourth-order valence-corrected chi connectivity index (χ4v) is 4.17. The highest BCUT2D eigenvalue weighted by Crippen LogP contribution is 2.35. The van der Waals surface area contributed by atoms with Crippen LogP contribution in [0.5, 0.6) is 11.5 Å². The number of nitrogens with one attached hydrogen (secondary N) is 2. The maximum absolute atomic E-state index is 14.5. The fourth-order valence-electron chi connectivity index (χ4n) is 3.95. The zero-order valence-electron chi connectivity index (χ0n) is 19.1. The highest BCUT2D eigenvalue weighted by molar-refractivity contribution is 6.30. The van der Waals surface area contributed by atoms with Crippen LogP contribution in [0.1, 0.15) is 34.7 Å². The summed E-state index contributed by atoms with van der Waals surface area (Å²) < 4.78 is 61.5. The predicted molar refractivity (Wildman–Crippen MR) is 123 cm³/mol. The van der Waals surface area contributed by atoms with Gasteiger partial charge in [0.2, 0.25) is 11.7 Å². The molecule has 4 rings (SSSR count). The SMILES string of the molecule is Cc1ccc(C2CC(Cn3cnc(C(F)(F)F)c(Oc4cc(Cl)cc(C#N)c4)c3=O)NNC2=O)c(F)c1. The van der Waals surface area contributed by atoms with Gasteiger partial charge in [-0.1, -0.05) is 23.7 Å². The Kier molecular flexibility index (Phi) is 7.20. The van der Waals surface area contributed by atoms with Crippen LogP contribution in [0.3, 0.4) is 0 Å². The quantitative estimate of drug-likeness (QED) is 0.474. The Morgan fingerprint density at radius 2 is 2.00 bits per heavy atom. The molecule has 0 aliphatic carbocycles. The third-order valence-electron chi connectivity index (χ3n) is 5.67. The molecule has 192 valence electrons. The van der Waals surface area contributed by atoms with Gasteiger partial charge in [-0.2, -0.15) is 18.4 Å². The Morgan fingerprint density at radius 1 is 1.24 bits per heavy atom. The molecule has 2 unspecified atom stereocenters. The van der Waals surface area contributed by atoms with E-state index < -0.39 is 46.9 Å². The number of hydrazine groups is 1. The molecule has 1 amide bonds. The molecule has 1 fully saturated rings. The number of benzene rings is 2. The second-order valence-corrected chi connectivity index (χ2v) is 8.85. The molecule has 1 aliphatic rings. The molecule has 0 radical (unpaired) electrons. The number of ether oxygens (including phenoxy) is 1. The Hall–Kier alpha value is -3.95. The standard InChI is InChI=1S/C24H18ClF4N5O3/c1-12-2-3-17(19(26)4-12)18-8-15(32-33-22(18)35)10-34-11-31-21(24(27,28)29)20(23(34)36)37-16-6-13(9-30)5-14(25)7-16/h2-7,11,15,18,32H,8,10H2,1H3,(H,33,35). The molecule has 8 nitrogen and oxygen atoms in total. The summed E-state index contributed by atoms with van der Waals surface area (Å²) in [5.74, 6) is -3.32. The summed E-state index contributed by atoms with van der Waals surface area (Å²) >= 11 is 5.90. The normalized spacial score (nSPS) is 17.7. The molecule has 2 heterocycles. The Labute approximate surface area is 212 Å². The van der Waals surface area contributed by atoms with E-state index in [0.717, 1.165) is 23.0 Å². The number of halogens is 5. The molecule has 13 heteroatoms. The van der Waals surface area contributed by atoms with E-state index >= 15 is 0 Å². The van der Waals surface area contributed by atoms with Crippen molar-refractivity contribution in [1.82, 2.24) is 20.4 Å². The Bertz CT molecular complexity index is 1470. The summed E-state index contributed by atoms with van der Waals surface area (Å²) in [6, 6.07) is 9.13. The van der Waals surface area contributed by atoms with Gasteiger partial charge in [0.1, 0.15) is 11.6 Å². The van der Waals surface area contributed by atoms with Crippen LogP contribution in [0.2, 0.25) is 5.02 Å². The van der Waals surface area contributed by atoms with Gasteiger partial charge in [-0.15, -0.1) is 0 Å². The van der Waals surface area contributed by atoms with Crippen LogP contribution in [0.4, 0.5) is 17.6 Å². The van der Waals surface area contributed by atoms with Crippen LogP contribution >= 0.6 is 11.6 Å². The number of carbonyl (C=O) groups excluding carboxylic acids is 1. The molecular weight excluding hydrogens is 518 g/mol. The lowest BCUT2D eigenvalue weighted by atomic mass is 9.89. The minimum Gasteiger partial charge on any atom is -0.449 e. The van der Waals surface area contributed by atoms with Crippen LogP contribution < -0.4 is 21.1 Å². The van der Waals surface area contributed by atoms with Crippen LogP contribution in [-0.2, 0) is 17.5 Å². The van der Waals surface area contributed by atoms with Gasteiger partial charge in [0.05, 0.1) is 23.9 Å². The third-order valence-corrected chi connectivity index (χ3v) is 5.89. The largest absolute Gasteiger partial charge is 0.449 e. The average molecular weight is 536 g/mol. The minimum atomic E-state index is -5.02. The summed E-state index contributed by atoms with van der Waals surface area (Å²) in [6.07, 6.45) is -4.25. The lowest BCUT2D eigenvalue weighted by Crippen LogP contribution is -2.54. The van der Waals surface area contributed by atoms with Gasteiger partial charge in [-0.05, 0) is 43.2 Å². The lowest BCUT2D eigenvalue weighted by molar-refractivity contribution is -0.142. The van der Waals surface area contributed by atoms with Crippen molar-refractivity contribution in [2.24, 2.45) is 0 Å². The molecule has 3 aromatic rings. The summed E-state index contributed by atoms with van der Waals surface area (Å²) in [4.78, 5) is 28.9. The van der Waals surface area contributed by atoms with Crippen molar-refractivity contribution in [2.45, 2.75) is 38.0 Å². The fraction of sp³-hybridized carbons (Fsp3) is 0.250. The predicted octanol–water partition coefficient (Wildman–Crippen LogP) is 4.20. The van der Waals surface area contributed by atoms with Gasteiger partial charge in [-0.3, -0.25) is 19.6 Å². The molecule has 1 saturated heterocycles. The number of hydrogen-bond donors (Lipinski definition) is 2. The summed E-state index contributed by atoms with van der Waals surface area (Å²) in [5.41, 5.74) is 3.23. The molecule has 1 aliphatic heterocycles. The maximum Gasteiger partial charge on any atom is 0.437 e. The zero-order valence-corrected chi connectivity index (χ0v) is 19.8. The number of aryl methyl sites for hydroxylation is 1. The molecule has 37 heavy (non-hydrogen) atoms. The van der Waals surface area contributed by atoms with Gasteiger partial charge in [0.15, 0.2) is 5.69 Å². The first-order valence-electron chi connectivity index (χ1n) is 10.8. The molecule has 2 aromatic carbocycles. The van der Waals surface area contributed by atoms with Crippen LogP contribution in [0.15, 0.2) is 47.5 Å². The molecular formula is C24H18ClF4N5O3. The maximum atomic E-state index is 14.5. The van der Waals surface area contributed by atoms with Crippen LogP contribution in [-0.4, -0.2) is 21.5 Å². The highest BCUT2D eigenvalue weighted by atomic mass is 35.5.